The number of rotatable bonds is 6. The number of nitrogens with one attached hydrogen (secondary N) is 1. The van der Waals surface area contributed by atoms with Gasteiger partial charge in [-0.25, -0.2) is 0 Å². The van der Waals surface area contributed by atoms with Crippen molar-refractivity contribution in [1.29, 1.82) is 0 Å². The van der Waals surface area contributed by atoms with Gasteiger partial charge in [-0.3, -0.25) is 16.0 Å². The van der Waals surface area contributed by atoms with E-state index >= 15 is 0 Å². The highest BCUT2D eigenvalue weighted by Crippen LogP contribution is 2.48. The fourth-order valence-corrected chi connectivity index (χ4v) is 3.74. The number of hydrogen-bond donors (Lipinski definition) is 2. The van der Waals surface area contributed by atoms with Crippen molar-refractivity contribution in [3.63, 3.8) is 0 Å². The second kappa shape index (κ2) is 6.56. The zero-order valence-electron chi connectivity index (χ0n) is 12.7. The second-order valence-corrected chi connectivity index (χ2v) is 7.22. The van der Waals surface area contributed by atoms with Crippen molar-refractivity contribution in [2.24, 2.45) is 11.3 Å². The molecule has 20 heavy (non-hydrogen) atoms. The summed E-state index contributed by atoms with van der Waals surface area (Å²) in [7, 11) is 4.16. The Hall–Kier alpha value is -0.430. The van der Waals surface area contributed by atoms with Gasteiger partial charge in [0.2, 0.25) is 0 Å². The molecule has 1 aromatic rings. The Morgan fingerprint density at radius 3 is 2.70 bits per heavy atom. The van der Waals surface area contributed by atoms with Crippen LogP contribution < -0.4 is 11.3 Å². The summed E-state index contributed by atoms with van der Waals surface area (Å²) in [5.74, 6) is 5.90. The highest BCUT2D eigenvalue weighted by atomic mass is 79.9. The number of aromatic nitrogens is 2. The molecule has 2 rings (SSSR count). The smallest absolute Gasteiger partial charge is 0.0715 e. The summed E-state index contributed by atoms with van der Waals surface area (Å²) in [6.07, 6.45) is 6.89. The zero-order chi connectivity index (χ0) is 14.8. The maximum Gasteiger partial charge on any atom is 0.0715 e. The summed E-state index contributed by atoms with van der Waals surface area (Å²) in [4.78, 5) is 2.17. The topological polar surface area (TPSA) is 59.1 Å². The lowest BCUT2D eigenvalue weighted by molar-refractivity contribution is 0.211. The van der Waals surface area contributed by atoms with E-state index in [0.29, 0.717) is 0 Å². The van der Waals surface area contributed by atoms with E-state index in [2.05, 4.69) is 57.1 Å². The van der Waals surface area contributed by atoms with Crippen molar-refractivity contribution in [3.05, 3.63) is 16.4 Å². The standard InChI is InChI=1S/C14H26BrN5/c1-14(6-4-5-7-14)13(18-16)12-11(15)10-17-20(12)9-8-19(2)3/h10,13,18H,4-9,16H2,1-3H3. The number of nitrogens with zero attached hydrogens (tertiary/aromatic N) is 3. The summed E-state index contributed by atoms with van der Waals surface area (Å²) in [6.45, 7) is 4.18. The maximum atomic E-state index is 5.90. The minimum absolute atomic E-state index is 0.143. The van der Waals surface area contributed by atoms with Crippen molar-refractivity contribution in [2.75, 3.05) is 20.6 Å². The van der Waals surface area contributed by atoms with E-state index in [4.69, 9.17) is 5.84 Å². The van der Waals surface area contributed by atoms with E-state index in [1.807, 2.05) is 6.20 Å². The van der Waals surface area contributed by atoms with Crippen LogP contribution in [0.2, 0.25) is 0 Å². The third kappa shape index (κ3) is 3.24. The lowest BCUT2D eigenvalue weighted by Crippen LogP contribution is -2.40. The average molecular weight is 344 g/mol. The maximum absolute atomic E-state index is 5.90. The Kier molecular flexibility index (Phi) is 5.23. The quantitative estimate of drug-likeness (QED) is 0.614. The van der Waals surface area contributed by atoms with E-state index in [1.165, 1.54) is 31.4 Å². The molecule has 0 amide bonds. The molecule has 0 bridgehead atoms. The van der Waals surface area contributed by atoms with Crippen molar-refractivity contribution in [1.82, 2.24) is 20.1 Å². The van der Waals surface area contributed by atoms with Gasteiger partial charge in [0.1, 0.15) is 0 Å². The normalized spacial score (nSPS) is 19.7. The monoisotopic (exact) mass is 343 g/mol. The van der Waals surface area contributed by atoms with Crippen molar-refractivity contribution in [3.8, 4) is 0 Å². The molecule has 1 saturated carbocycles. The van der Waals surface area contributed by atoms with Crippen LogP contribution in [0.3, 0.4) is 0 Å². The van der Waals surface area contributed by atoms with Gasteiger partial charge in [0.25, 0.3) is 0 Å². The van der Waals surface area contributed by atoms with Crippen LogP contribution in [-0.2, 0) is 6.54 Å². The minimum Gasteiger partial charge on any atom is -0.308 e. The molecule has 1 fully saturated rings. The summed E-state index contributed by atoms with van der Waals surface area (Å²) in [5.41, 5.74) is 4.45. The first-order chi connectivity index (χ1) is 9.48. The minimum atomic E-state index is 0.143. The predicted octanol–water partition coefficient (Wildman–Crippen LogP) is 2.29. The van der Waals surface area contributed by atoms with Crippen LogP contribution in [0.1, 0.15) is 44.3 Å². The number of nitrogens with two attached hydrogens (primary N) is 1. The molecule has 0 aromatic carbocycles. The molecule has 3 N–H and O–H groups in total. The average Bonchev–Trinajstić information content (AvgIpc) is 2.97. The summed E-state index contributed by atoms with van der Waals surface area (Å²) in [6, 6.07) is 0.143. The molecule has 114 valence electrons. The first-order valence-electron chi connectivity index (χ1n) is 7.30. The molecule has 1 atom stereocenters. The highest BCUT2D eigenvalue weighted by molar-refractivity contribution is 9.10. The molecular weight excluding hydrogens is 318 g/mol. The van der Waals surface area contributed by atoms with Crippen LogP contribution in [0, 0.1) is 5.41 Å². The van der Waals surface area contributed by atoms with E-state index in [1.54, 1.807) is 0 Å². The number of halogens is 1. The molecule has 1 aliphatic rings. The highest BCUT2D eigenvalue weighted by Gasteiger charge is 2.40. The Morgan fingerprint density at radius 2 is 2.15 bits per heavy atom. The van der Waals surface area contributed by atoms with Gasteiger partial charge in [0.05, 0.1) is 29.0 Å². The van der Waals surface area contributed by atoms with Gasteiger partial charge < -0.3 is 4.90 Å². The van der Waals surface area contributed by atoms with Crippen molar-refractivity contribution in [2.45, 2.75) is 45.2 Å². The van der Waals surface area contributed by atoms with E-state index in [0.717, 1.165) is 17.6 Å². The van der Waals surface area contributed by atoms with Crippen LogP contribution in [0.15, 0.2) is 10.7 Å². The summed E-state index contributed by atoms with van der Waals surface area (Å²) >= 11 is 3.64. The van der Waals surface area contributed by atoms with Crippen LogP contribution in [-0.4, -0.2) is 35.3 Å². The van der Waals surface area contributed by atoms with Crippen molar-refractivity contribution >= 4 is 15.9 Å². The van der Waals surface area contributed by atoms with Crippen LogP contribution in [0.25, 0.3) is 0 Å². The number of hydrogen-bond acceptors (Lipinski definition) is 4. The summed E-state index contributed by atoms with van der Waals surface area (Å²) < 4.78 is 3.13. The van der Waals surface area contributed by atoms with Crippen LogP contribution in [0.5, 0.6) is 0 Å². The third-order valence-corrected chi connectivity index (χ3v) is 5.09. The van der Waals surface area contributed by atoms with Crippen molar-refractivity contribution < 1.29 is 0 Å². The fourth-order valence-electron chi connectivity index (χ4n) is 3.21. The lowest BCUT2D eigenvalue weighted by atomic mass is 9.79. The van der Waals surface area contributed by atoms with Gasteiger partial charge >= 0.3 is 0 Å². The molecule has 1 heterocycles. The molecule has 0 radical (unpaired) electrons. The molecule has 5 nitrogen and oxygen atoms in total. The SMILES string of the molecule is CN(C)CCn1ncc(Br)c1C(NN)C1(C)CCCC1. The Labute approximate surface area is 130 Å². The molecule has 0 spiro atoms. The predicted molar refractivity (Wildman–Crippen MR) is 85.1 cm³/mol. The zero-order valence-corrected chi connectivity index (χ0v) is 14.3. The first kappa shape index (κ1) is 15.9. The Morgan fingerprint density at radius 1 is 1.50 bits per heavy atom. The van der Waals surface area contributed by atoms with Crippen LogP contribution in [0.4, 0.5) is 0 Å². The largest absolute Gasteiger partial charge is 0.308 e. The molecule has 0 aliphatic heterocycles. The first-order valence-corrected chi connectivity index (χ1v) is 8.09. The van der Waals surface area contributed by atoms with Gasteiger partial charge in [-0.15, -0.1) is 0 Å². The lowest BCUT2D eigenvalue weighted by Gasteiger charge is -2.34. The molecule has 0 saturated heterocycles. The molecule has 1 aromatic heterocycles. The van der Waals surface area contributed by atoms with Gasteiger partial charge in [-0.2, -0.15) is 5.10 Å². The summed E-state index contributed by atoms with van der Waals surface area (Å²) in [5, 5.41) is 4.51. The van der Waals surface area contributed by atoms with Gasteiger partial charge in [0, 0.05) is 6.54 Å². The Balaban J connectivity index is 2.26. The molecule has 6 heteroatoms. The van der Waals surface area contributed by atoms with Crippen LogP contribution >= 0.6 is 15.9 Å². The number of hydrazine groups is 1. The van der Waals surface area contributed by atoms with E-state index in [9.17, 15) is 0 Å². The van der Waals surface area contributed by atoms with Gasteiger partial charge in [-0.1, -0.05) is 19.8 Å². The second-order valence-electron chi connectivity index (χ2n) is 6.36. The molecule has 1 aliphatic carbocycles. The van der Waals surface area contributed by atoms with E-state index in [-0.39, 0.29) is 11.5 Å². The van der Waals surface area contributed by atoms with Gasteiger partial charge in [-0.05, 0) is 48.3 Å². The molecule has 1 unspecified atom stereocenters. The number of likely N-dealkylation sites (N-methyl/N-ethyl adjacent to an activating group) is 1. The van der Waals surface area contributed by atoms with Gasteiger partial charge in [0.15, 0.2) is 0 Å². The third-order valence-electron chi connectivity index (χ3n) is 4.48. The Bertz CT molecular complexity index is 437. The molecular formula is C14H26BrN5. The van der Waals surface area contributed by atoms with E-state index < -0.39 is 0 Å². The fraction of sp³-hybridized carbons (Fsp3) is 0.786.